The van der Waals surface area contributed by atoms with Gasteiger partial charge in [0.2, 0.25) is 5.95 Å². The van der Waals surface area contributed by atoms with Crippen molar-refractivity contribution in [2.24, 2.45) is 0 Å². The van der Waals surface area contributed by atoms with Crippen molar-refractivity contribution in [1.29, 1.82) is 0 Å². The van der Waals surface area contributed by atoms with E-state index in [2.05, 4.69) is 25.6 Å². The van der Waals surface area contributed by atoms with Gasteiger partial charge in [0.15, 0.2) is 0 Å². The van der Waals surface area contributed by atoms with Gasteiger partial charge in [-0.3, -0.25) is 25.0 Å². The fourth-order valence-electron chi connectivity index (χ4n) is 2.43. The summed E-state index contributed by atoms with van der Waals surface area (Å²) in [5.74, 6) is -0.859. The Kier molecular flexibility index (Phi) is 4.35. The molecular weight excluding hydrogens is 366 g/mol. The molecular formula is C18H11N5O3S. The third-order valence-corrected chi connectivity index (χ3v) is 4.47. The lowest BCUT2D eigenvalue weighted by molar-refractivity contribution is -0.115. The molecule has 0 spiro atoms. The third-order valence-electron chi connectivity index (χ3n) is 3.65. The quantitative estimate of drug-likeness (QED) is 0.674. The number of fused-ring (bicyclic) bond motifs is 1. The molecule has 3 amide bonds. The Labute approximate surface area is 157 Å². The second-order valence-electron chi connectivity index (χ2n) is 5.50. The van der Waals surface area contributed by atoms with Crippen LogP contribution in [0.2, 0.25) is 0 Å². The van der Waals surface area contributed by atoms with E-state index in [1.165, 1.54) is 12.3 Å². The molecule has 1 aliphatic heterocycles. The Balaban J connectivity index is 1.55. The highest BCUT2D eigenvalue weighted by Gasteiger charge is 2.25. The molecule has 1 saturated heterocycles. The van der Waals surface area contributed by atoms with Crippen LogP contribution in [0.15, 0.2) is 53.6 Å². The van der Waals surface area contributed by atoms with E-state index in [4.69, 9.17) is 0 Å². The molecule has 2 aromatic heterocycles. The molecule has 9 heteroatoms. The number of carbonyl (C=O) groups excluding carboxylic acids is 3. The van der Waals surface area contributed by atoms with Gasteiger partial charge in [-0.1, -0.05) is 24.3 Å². The van der Waals surface area contributed by atoms with Gasteiger partial charge in [-0.05, 0) is 36.0 Å². The minimum atomic E-state index is -0.477. The van der Waals surface area contributed by atoms with Crippen LogP contribution in [-0.4, -0.2) is 32.0 Å². The van der Waals surface area contributed by atoms with Gasteiger partial charge in [0.1, 0.15) is 5.69 Å². The maximum atomic E-state index is 12.4. The van der Waals surface area contributed by atoms with Crippen LogP contribution >= 0.6 is 11.8 Å². The molecule has 4 rings (SSSR count). The van der Waals surface area contributed by atoms with Gasteiger partial charge in [0.25, 0.3) is 17.1 Å². The van der Waals surface area contributed by atoms with E-state index in [1.807, 2.05) is 30.3 Å². The normalized spacial score (nSPS) is 15.2. The van der Waals surface area contributed by atoms with E-state index in [0.717, 1.165) is 17.1 Å². The van der Waals surface area contributed by atoms with E-state index in [9.17, 15) is 14.4 Å². The van der Waals surface area contributed by atoms with E-state index >= 15 is 0 Å². The zero-order valence-corrected chi connectivity index (χ0v) is 14.5. The van der Waals surface area contributed by atoms with Crippen molar-refractivity contribution < 1.29 is 14.4 Å². The fourth-order valence-corrected chi connectivity index (χ4v) is 3.09. The van der Waals surface area contributed by atoms with Gasteiger partial charge in [-0.15, -0.1) is 0 Å². The first kappa shape index (κ1) is 16.9. The first-order valence-corrected chi connectivity index (χ1v) is 8.65. The van der Waals surface area contributed by atoms with Gasteiger partial charge < -0.3 is 0 Å². The Hall–Kier alpha value is -3.59. The van der Waals surface area contributed by atoms with E-state index in [0.29, 0.717) is 11.2 Å². The van der Waals surface area contributed by atoms with Gasteiger partial charge in [0.05, 0.1) is 16.1 Å². The molecule has 1 aliphatic rings. The summed E-state index contributed by atoms with van der Waals surface area (Å²) in [6, 6.07) is 12.5. The van der Waals surface area contributed by atoms with Crippen LogP contribution in [0, 0.1) is 0 Å². The summed E-state index contributed by atoms with van der Waals surface area (Å²) < 4.78 is 0. The smallest absolute Gasteiger partial charge is 0.289 e. The number of hydrogen-bond donors (Lipinski definition) is 2. The zero-order chi connectivity index (χ0) is 18.8. The molecule has 0 aliphatic carbocycles. The van der Waals surface area contributed by atoms with Gasteiger partial charge in [-0.25, -0.2) is 15.0 Å². The maximum absolute atomic E-state index is 12.4. The number of rotatable bonds is 3. The number of carbonyl (C=O) groups is 3. The lowest BCUT2D eigenvalue weighted by atomic mass is 10.2. The standard InChI is InChI=1S/C18H11N5O3S/c24-15(13-6-5-10-3-1-2-4-12(10)21-13)22-17-19-8-7-11(20-17)9-14-16(25)23-18(26)27-14/h1-9H,(H,23,25,26)(H,19,20,22,24)/b14-9-. The zero-order valence-electron chi connectivity index (χ0n) is 13.7. The molecule has 0 atom stereocenters. The topological polar surface area (TPSA) is 114 Å². The van der Waals surface area contributed by atoms with Crippen molar-refractivity contribution in [2.45, 2.75) is 0 Å². The number of aromatic nitrogens is 3. The van der Waals surface area contributed by atoms with E-state index in [-0.39, 0.29) is 16.5 Å². The number of hydrogen-bond acceptors (Lipinski definition) is 7. The highest BCUT2D eigenvalue weighted by atomic mass is 32.2. The minimum absolute atomic E-state index is 0.0686. The highest BCUT2D eigenvalue weighted by molar-refractivity contribution is 8.18. The first-order valence-electron chi connectivity index (χ1n) is 7.83. The maximum Gasteiger partial charge on any atom is 0.290 e. The van der Waals surface area contributed by atoms with E-state index < -0.39 is 17.1 Å². The molecule has 3 heterocycles. The molecule has 132 valence electrons. The number of amides is 3. The molecule has 0 unspecified atom stereocenters. The average molecular weight is 377 g/mol. The summed E-state index contributed by atoms with van der Waals surface area (Å²) in [4.78, 5) is 48.0. The second-order valence-corrected chi connectivity index (χ2v) is 6.52. The molecule has 0 radical (unpaired) electrons. The fraction of sp³-hybridized carbons (Fsp3) is 0. The van der Waals surface area contributed by atoms with Crippen molar-refractivity contribution in [1.82, 2.24) is 20.3 Å². The largest absolute Gasteiger partial charge is 0.290 e. The van der Waals surface area contributed by atoms with Crippen LogP contribution in [0.25, 0.3) is 17.0 Å². The SMILES string of the molecule is O=C1NC(=O)/C(=C/c2ccnc(NC(=O)c3ccc4ccccc4n3)n2)S1. The summed E-state index contributed by atoms with van der Waals surface area (Å²) in [5.41, 5.74) is 1.33. The average Bonchev–Trinajstić information content (AvgIpc) is 2.98. The van der Waals surface area contributed by atoms with Crippen LogP contribution in [0.1, 0.15) is 16.2 Å². The number of para-hydroxylation sites is 1. The summed E-state index contributed by atoms with van der Waals surface area (Å²) in [6.45, 7) is 0. The van der Waals surface area contributed by atoms with Crippen molar-refractivity contribution in [3.05, 3.63) is 65.0 Å². The molecule has 1 fully saturated rings. The monoisotopic (exact) mass is 377 g/mol. The van der Waals surface area contributed by atoms with Gasteiger partial charge in [-0.2, -0.15) is 0 Å². The third kappa shape index (κ3) is 3.67. The summed E-state index contributed by atoms with van der Waals surface area (Å²) in [5, 5.41) is 5.24. The lowest BCUT2D eigenvalue weighted by Crippen LogP contribution is -2.18. The van der Waals surface area contributed by atoms with Crippen LogP contribution in [0.3, 0.4) is 0 Å². The molecule has 0 saturated carbocycles. The van der Waals surface area contributed by atoms with Crippen LogP contribution in [0.4, 0.5) is 10.7 Å². The number of nitrogens with one attached hydrogen (secondary N) is 2. The molecule has 8 nitrogen and oxygen atoms in total. The molecule has 2 N–H and O–H groups in total. The molecule has 3 aromatic rings. The van der Waals surface area contributed by atoms with Crippen molar-refractivity contribution in [3.8, 4) is 0 Å². The number of pyridine rings is 1. The van der Waals surface area contributed by atoms with Gasteiger partial charge in [0, 0.05) is 11.6 Å². The molecule has 0 bridgehead atoms. The number of nitrogens with zero attached hydrogens (tertiary/aromatic N) is 3. The predicted molar refractivity (Wildman–Crippen MR) is 101 cm³/mol. The predicted octanol–water partition coefficient (Wildman–Crippen LogP) is 2.60. The summed E-state index contributed by atoms with van der Waals surface area (Å²) in [6.07, 6.45) is 2.90. The van der Waals surface area contributed by atoms with Crippen LogP contribution in [-0.2, 0) is 4.79 Å². The van der Waals surface area contributed by atoms with Crippen molar-refractivity contribution in [2.75, 3.05) is 5.32 Å². The van der Waals surface area contributed by atoms with Crippen molar-refractivity contribution >= 4 is 51.7 Å². The number of imide groups is 1. The minimum Gasteiger partial charge on any atom is -0.289 e. The Bertz CT molecular complexity index is 1130. The summed E-state index contributed by atoms with van der Waals surface area (Å²) >= 11 is 0.790. The lowest BCUT2D eigenvalue weighted by Gasteiger charge is -2.05. The van der Waals surface area contributed by atoms with Gasteiger partial charge >= 0.3 is 0 Å². The number of thioether (sulfide) groups is 1. The Morgan fingerprint density at radius 1 is 1.07 bits per heavy atom. The van der Waals surface area contributed by atoms with Crippen molar-refractivity contribution in [3.63, 3.8) is 0 Å². The highest BCUT2D eigenvalue weighted by Crippen LogP contribution is 2.25. The van der Waals surface area contributed by atoms with Crippen LogP contribution < -0.4 is 10.6 Å². The van der Waals surface area contributed by atoms with Crippen LogP contribution in [0.5, 0.6) is 0 Å². The number of anilines is 1. The van der Waals surface area contributed by atoms with E-state index in [1.54, 1.807) is 12.1 Å². The Morgan fingerprint density at radius 2 is 1.93 bits per heavy atom. The Morgan fingerprint density at radius 3 is 2.74 bits per heavy atom. The second kappa shape index (κ2) is 6.96. The molecule has 1 aromatic carbocycles. The first-order chi connectivity index (χ1) is 13.1. The summed E-state index contributed by atoms with van der Waals surface area (Å²) in [7, 11) is 0. The number of benzene rings is 1. The molecule has 27 heavy (non-hydrogen) atoms.